The molecule has 24 heavy (non-hydrogen) atoms. The number of halogens is 3. The van der Waals surface area contributed by atoms with Gasteiger partial charge in [0.1, 0.15) is 5.82 Å². The van der Waals surface area contributed by atoms with E-state index in [2.05, 4.69) is 38.1 Å². The van der Waals surface area contributed by atoms with Gasteiger partial charge in [-0.3, -0.25) is 14.2 Å². The molecule has 2 heterocycles. The number of nitrogens with zero attached hydrogens (tertiary/aromatic N) is 4. The number of hydrogen-bond acceptors (Lipinski definition) is 3. The average molecular weight is 460 g/mol. The maximum absolute atomic E-state index is 13.1. The molecule has 0 aliphatic rings. The van der Waals surface area contributed by atoms with Crippen molar-refractivity contribution >= 4 is 45.9 Å². The number of aromatic nitrogens is 4. The maximum Gasteiger partial charge on any atom is 0.278 e. The third-order valence-corrected chi connectivity index (χ3v) is 4.37. The summed E-state index contributed by atoms with van der Waals surface area (Å²) in [5.74, 6) is -0.313. The number of hydrogen-bond donors (Lipinski definition) is 1. The van der Waals surface area contributed by atoms with Crippen molar-refractivity contribution in [2.75, 3.05) is 5.32 Å². The second-order valence-corrected chi connectivity index (χ2v) is 6.66. The molecule has 0 aliphatic carbocycles. The van der Waals surface area contributed by atoms with Crippen LogP contribution in [0.25, 0.3) is 0 Å². The smallest absolute Gasteiger partial charge is 0.278 e. The molecule has 124 valence electrons. The first kappa shape index (κ1) is 16.9. The first-order valence-electron chi connectivity index (χ1n) is 6.90. The predicted octanol–water partition coefficient (Wildman–Crippen LogP) is 3.31. The summed E-state index contributed by atoms with van der Waals surface area (Å²) in [5, 5.41) is 11.4. The van der Waals surface area contributed by atoms with E-state index >= 15 is 0 Å². The summed E-state index contributed by atoms with van der Waals surface area (Å²) in [7, 11) is 1.75. The molecule has 9 heteroatoms. The Labute approximate surface area is 155 Å². The fourth-order valence-corrected chi connectivity index (χ4v) is 3.11. The van der Waals surface area contributed by atoms with Crippen LogP contribution in [0.3, 0.4) is 0 Å². The Morgan fingerprint density at radius 1 is 1.38 bits per heavy atom. The van der Waals surface area contributed by atoms with Crippen molar-refractivity contribution in [3.63, 3.8) is 0 Å². The van der Waals surface area contributed by atoms with Gasteiger partial charge in [0.25, 0.3) is 5.91 Å². The molecule has 0 bridgehead atoms. The highest BCUT2D eigenvalue weighted by Gasteiger charge is 2.15. The van der Waals surface area contributed by atoms with E-state index in [1.54, 1.807) is 40.9 Å². The Kier molecular flexibility index (Phi) is 4.86. The highest BCUT2D eigenvalue weighted by Crippen LogP contribution is 2.19. The minimum absolute atomic E-state index is 0.329. The minimum atomic E-state index is -0.387. The van der Waals surface area contributed by atoms with E-state index in [-0.39, 0.29) is 11.7 Å². The van der Waals surface area contributed by atoms with Crippen molar-refractivity contribution in [2.45, 2.75) is 6.54 Å². The highest BCUT2D eigenvalue weighted by molar-refractivity contribution is 14.1. The average Bonchev–Trinajstić information content (AvgIpc) is 3.08. The molecule has 1 N–H and O–H groups in total. The van der Waals surface area contributed by atoms with E-state index in [0.29, 0.717) is 23.1 Å². The molecule has 1 aromatic carbocycles. The van der Waals surface area contributed by atoms with Crippen LogP contribution in [0.1, 0.15) is 16.1 Å². The summed E-state index contributed by atoms with van der Waals surface area (Å²) in [6.45, 7) is 0.371. The van der Waals surface area contributed by atoms with E-state index in [9.17, 15) is 9.18 Å². The van der Waals surface area contributed by atoms with Gasteiger partial charge in [-0.1, -0.05) is 17.7 Å². The number of amides is 1. The highest BCUT2D eigenvalue weighted by atomic mass is 127. The van der Waals surface area contributed by atoms with Crippen LogP contribution in [-0.4, -0.2) is 25.5 Å². The summed E-state index contributed by atoms with van der Waals surface area (Å²) < 4.78 is 17.0. The molecular weight excluding hydrogens is 448 g/mol. The molecule has 3 rings (SSSR count). The molecule has 3 aromatic rings. The predicted molar refractivity (Wildman–Crippen MR) is 96.6 cm³/mol. The molecule has 0 spiro atoms. The zero-order valence-corrected chi connectivity index (χ0v) is 15.4. The van der Waals surface area contributed by atoms with Crippen molar-refractivity contribution in [3.05, 3.63) is 62.3 Å². The monoisotopic (exact) mass is 459 g/mol. The zero-order valence-electron chi connectivity index (χ0n) is 12.5. The topological polar surface area (TPSA) is 64.7 Å². The normalized spacial score (nSPS) is 10.8. The third kappa shape index (κ3) is 3.75. The van der Waals surface area contributed by atoms with Crippen molar-refractivity contribution in [3.8, 4) is 0 Å². The lowest BCUT2D eigenvalue weighted by atomic mass is 10.2. The van der Waals surface area contributed by atoms with Gasteiger partial charge in [-0.2, -0.15) is 10.2 Å². The molecule has 0 aliphatic heterocycles. The largest absolute Gasteiger partial charge is 0.304 e. The van der Waals surface area contributed by atoms with E-state index in [4.69, 9.17) is 11.6 Å². The number of benzene rings is 1. The molecule has 1 amide bonds. The summed E-state index contributed by atoms with van der Waals surface area (Å²) in [6, 6.07) is 5.88. The van der Waals surface area contributed by atoms with Gasteiger partial charge in [0.15, 0.2) is 11.5 Å². The first-order valence-corrected chi connectivity index (χ1v) is 8.36. The lowest BCUT2D eigenvalue weighted by molar-refractivity contribution is 0.102. The van der Waals surface area contributed by atoms with E-state index in [1.165, 1.54) is 12.1 Å². The van der Waals surface area contributed by atoms with E-state index in [1.807, 2.05) is 0 Å². The van der Waals surface area contributed by atoms with Crippen LogP contribution in [-0.2, 0) is 13.6 Å². The second kappa shape index (κ2) is 6.89. The van der Waals surface area contributed by atoms with Crippen molar-refractivity contribution in [1.29, 1.82) is 0 Å². The Bertz CT molecular complexity index is 907. The molecule has 0 radical (unpaired) electrons. The third-order valence-electron chi connectivity index (χ3n) is 3.23. The Balaban J connectivity index is 1.71. The fraction of sp³-hybridized carbons (Fsp3) is 0.133. The molecular formula is C15H12ClFIN5O. The van der Waals surface area contributed by atoms with Crippen LogP contribution in [0.4, 0.5) is 10.2 Å². The lowest BCUT2D eigenvalue weighted by Crippen LogP contribution is -2.15. The molecule has 0 fully saturated rings. The number of anilines is 1. The van der Waals surface area contributed by atoms with Crippen LogP contribution < -0.4 is 5.32 Å². The van der Waals surface area contributed by atoms with Gasteiger partial charge in [-0.25, -0.2) is 4.39 Å². The lowest BCUT2D eigenvalue weighted by Gasteiger charge is -2.05. The maximum atomic E-state index is 13.1. The molecule has 6 nitrogen and oxygen atoms in total. The molecule has 0 saturated heterocycles. The molecule has 2 aromatic heterocycles. The number of carbonyl (C=O) groups excluding carboxylic acids is 1. The molecule has 0 unspecified atom stereocenters. The standard InChI is InChI=1S/C15H12ClFIN5O/c1-22-8-12(18)14(21-22)15(24)19-13-4-5-23(20-13)7-9-2-3-10(17)6-11(9)16/h2-6,8H,7H2,1H3,(H,19,20,24). The van der Waals surface area contributed by atoms with Gasteiger partial charge in [0.05, 0.1) is 10.1 Å². The van der Waals surface area contributed by atoms with Crippen LogP contribution in [0.2, 0.25) is 5.02 Å². The van der Waals surface area contributed by atoms with Gasteiger partial charge in [-0.15, -0.1) is 0 Å². The summed E-state index contributed by atoms with van der Waals surface area (Å²) in [5.41, 5.74) is 1.08. The first-order chi connectivity index (χ1) is 11.4. The zero-order chi connectivity index (χ0) is 17.3. The Morgan fingerprint density at radius 3 is 2.83 bits per heavy atom. The van der Waals surface area contributed by atoms with Gasteiger partial charge in [0.2, 0.25) is 0 Å². The quantitative estimate of drug-likeness (QED) is 0.609. The van der Waals surface area contributed by atoms with E-state index in [0.717, 1.165) is 9.13 Å². The van der Waals surface area contributed by atoms with Gasteiger partial charge >= 0.3 is 0 Å². The number of rotatable bonds is 4. The van der Waals surface area contributed by atoms with Crippen LogP contribution in [0.15, 0.2) is 36.7 Å². The second-order valence-electron chi connectivity index (χ2n) is 5.09. The number of nitrogens with one attached hydrogen (secondary N) is 1. The SMILES string of the molecule is Cn1cc(I)c(C(=O)Nc2ccn(Cc3ccc(F)cc3Cl)n2)n1. The number of aryl methyl sites for hydroxylation is 1. The van der Waals surface area contributed by atoms with Crippen molar-refractivity contribution in [2.24, 2.45) is 7.05 Å². The van der Waals surface area contributed by atoms with Crippen molar-refractivity contribution < 1.29 is 9.18 Å². The molecule has 0 atom stereocenters. The Morgan fingerprint density at radius 2 is 2.17 bits per heavy atom. The summed E-state index contributed by atoms with van der Waals surface area (Å²) in [4.78, 5) is 12.2. The van der Waals surface area contributed by atoms with Crippen LogP contribution >= 0.6 is 34.2 Å². The molecule has 0 saturated carbocycles. The van der Waals surface area contributed by atoms with Crippen molar-refractivity contribution in [1.82, 2.24) is 19.6 Å². The minimum Gasteiger partial charge on any atom is -0.304 e. The summed E-state index contributed by atoms with van der Waals surface area (Å²) >= 11 is 8.06. The van der Waals surface area contributed by atoms with Gasteiger partial charge in [-0.05, 0) is 40.3 Å². The Hall–Kier alpha value is -1.94. The van der Waals surface area contributed by atoms with E-state index < -0.39 is 0 Å². The van der Waals surface area contributed by atoms with Crippen LogP contribution in [0.5, 0.6) is 0 Å². The van der Waals surface area contributed by atoms with Gasteiger partial charge in [0, 0.05) is 30.5 Å². The number of carbonyl (C=O) groups is 1. The fourth-order valence-electron chi connectivity index (χ4n) is 2.13. The van der Waals surface area contributed by atoms with Crippen LogP contribution in [0, 0.1) is 9.39 Å². The summed E-state index contributed by atoms with van der Waals surface area (Å²) in [6.07, 6.45) is 3.46. The van der Waals surface area contributed by atoms with Gasteiger partial charge < -0.3 is 5.32 Å².